The van der Waals surface area contributed by atoms with Crippen LogP contribution in [0, 0.1) is 25.7 Å². The molecule has 0 aliphatic heterocycles. The van der Waals surface area contributed by atoms with Gasteiger partial charge in [-0.3, -0.25) is 4.79 Å². The molecule has 0 amide bonds. The van der Waals surface area contributed by atoms with E-state index >= 15 is 0 Å². The fourth-order valence-corrected chi connectivity index (χ4v) is 5.87. The van der Waals surface area contributed by atoms with E-state index in [1.807, 2.05) is 32.9 Å². The van der Waals surface area contributed by atoms with Gasteiger partial charge >= 0.3 is 6.18 Å². The summed E-state index contributed by atoms with van der Waals surface area (Å²) in [6, 6.07) is 9.03. The highest BCUT2D eigenvalue weighted by atomic mass is 79.9. The number of carbonyl (C=O) groups is 1. The number of hydrogen-bond acceptors (Lipinski definition) is 3. The molecule has 2 aromatic carbocycles. The monoisotopic (exact) mass is 512 g/mol. The number of thioether (sulfide) groups is 1. The molecule has 0 spiro atoms. The second-order valence-electron chi connectivity index (χ2n) is 8.16. The maximum Gasteiger partial charge on any atom is 0.416 e. The predicted octanol–water partition coefficient (Wildman–Crippen LogP) is 7.76. The fraction of sp³-hybridized carbons (Fsp3) is 0.375. The molecule has 1 aliphatic carbocycles. The summed E-state index contributed by atoms with van der Waals surface area (Å²) >= 11 is 4.99. The van der Waals surface area contributed by atoms with E-state index in [1.54, 1.807) is 0 Å². The van der Waals surface area contributed by atoms with E-state index in [2.05, 4.69) is 15.9 Å². The van der Waals surface area contributed by atoms with Gasteiger partial charge in [0.25, 0.3) is 0 Å². The maximum absolute atomic E-state index is 13.0. The molecular weight excluding hydrogens is 489 g/mol. The number of benzene rings is 2. The first kappa shape index (κ1) is 23.9. The molecule has 0 saturated heterocycles. The van der Waals surface area contributed by atoms with E-state index < -0.39 is 11.7 Å². The van der Waals surface area contributed by atoms with Gasteiger partial charge in [-0.2, -0.15) is 13.2 Å². The smallest absolute Gasteiger partial charge is 0.416 e. The van der Waals surface area contributed by atoms with E-state index in [0.717, 1.165) is 38.2 Å². The largest absolute Gasteiger partial charge is 0.512 e. The summed E-state index contributed by atoms with van der Waals surface area (Å²) in [6.45, 7) is 5.92. The third-order valence-corrected chi connectivity index (χ3v) is 7.57. The van der Waals surface area contributed by atoms with E-state index in [-0.39, 0.29) is 23.4 Å². The first-order valence-corrected chi connectivity index (χ1v) is 11.8. The number of alkyl halides is 3. The lowest BCUT2D eigenvalue weighted by molar-refractivity contribution is -0.137. The van der Waals surface area contributed by atoms with Crippen molar-refractivity contribution in [1.29, 1.82) is 0 Å². The molecule has 31 heavy (non-hydrogen) atoms. The highest BCUT2D eigenvalue weighted by molar-refractivity contribution is 9.10. The molecule has 2 atom stereocenters. The van der Waals surface area contributed by atoms with Gasteiger partial charge in [-0.1, -0.05) is 28.9 Å². The van der Waals surface area contributed by atoms with Gasteiger partial charge < -0.3 is 5.11 Å². The number of allylic oxidation sites excluding steroid dienone is 2. The van der Waals surface area contributed by atoms with Crippen molar-refractivity contribution in [1.82, 2.24) is 0 Å². The number of ketones is 1. The molecule has 0 aromatic heterocycles. The highest BCUT2D eigenvalue weighted by Gasteiger charge is 2.33. The van der Waals surface area contributed by atoms with Crippen molar-refractivity contribution in [2.75, 3.05) is 5.75 Å². The van der Waals surface area contributed by atoms with Crippen molar-refractivity contribution >= 4 is 39.0 Å². The molecule has 1 N–H and O–H groups in total. The Morgan fingerprint density at radius 2 is 1.81 bits per heavy atom. The molecular formula is C24H24BrF3O2S. The standard InChI is InChI=1S/C24H24BrF3O2S/c1-13-8-14(2)22(19(25)9-13)23-20(29)10-16(11-21(23)30)15(3)12-31-18-6-4-17(5-7-18)24(26,27)28/h4-9,15-16,29H,10-12H2,1-3H3. The van der Waals surface area contributed by atoms with Gasteiger partial charge in [-0.15, -0.1) is 11.8 Å². The van der Waals surface area contributed by atoms with Crippen LogP contribution in [0.2, 0.25) is 0 Å². The fourth-order valence-electron chi connectivity index (χ4n) is 3.95. The molecule has 0 radical (unpaired) electrons. The van der Waals surface area contributed by atoms with Crippen molar-refractivity contribution < 1.29 is 23.1 Å². The Kier molecular flexibility index (Phi) is 7.26. The van der Waals surface area contributed by atoms with Gasteiger partial charge in [0, 0.05) is 33.5 Å². The minimum absolute atomic E-state index is 0.0114. The van der Waals surface area contributed by atoms with Crippen LogP contribution in [-0.2, 0) is 11.0 Å². The van der Waals surface area contributed by atoms with Crippen LogP contribution in [-0.4, -0.2) is 16.6 Å². The Morgan fingerprint density at radius 3 is 2.35 bits per heavy atom. The second-order valence-corrected chi connectivity index (χ2v) is 10.1. The molecule has 3 rings (SSSR count). The van der Waals surface area contributed by atoms with Gasteiger partial charge in [0.1, 0.15) is 5.76 Å². The van der Waals surface area contributed by atoms with Crippen LogP contribution in [0.25, 0.3) is 5.57 Å². The van der Waals surface area contributed by atoms with Crippen LogP contribution in [0.15, 0.2) is 51.5 Å². The summed E-state index contributed by atoms with van der Waals surface area (Å²) in [7, 11) is 0. The number of hydrogen-bond donors (Lipinski definition) is 1. The van der Waals surface area contributed by atoms with Crippen molar-refractivity contribution in [3.05, 3.63) is 68.9 Å². The number of aryl methyl sites for hydroxylation is 2. The topological polar surface area (TPSA) is 37.3 Å². The zero-order valence-corrected chi connectivity index (χ0v) is 19.9. The Hall–Kier alpha value is -1.73. The third-order valence-electron chi connectivity index (χ3n) is 5.65. The van der Waals surface area contributed by atoms with E-state index in [9.17, 15) is 23.1 Å². The minimum atomic E-state index is -4.34. The van der Waals surface area contributed by atoms with Gasteiger partial charge in [-0.25, -0.2) is 0 Å². The van der Waals surface area contributed by atoms with Crippen molar-refractivity contribution in [2.24, 2.45) is 11.8 Å². The van der Waals surface area contributed by atoms with Crippen LogP contribution in [0.1, 0.15) is 42.0 Å². The Balaban J connectivity index is 1.70. The van der Waals surface area contributed by atoms with Crippen LogP contribution in [0.4, 0.5) is 13.2 Å². The molecule has 2 nitrogen and oxygen atoms in total. The summed E-state index contributed by atoms with van der Waals surface area (Å²) in [5.74, 6) is 0.789. The summed E-state index contributed by atoms with van der Waals surface area (Å²) in [5.41, 5.74) is 2.49. The summed E-state index contributed by atoms with van der Waals surface area (Å²) in [6.07, 6.45) is -3.59. The Bertz CT molecular complexity index is 989. The van der Waals surface area contributed by atoms with Crippen LogP contribution in [0.5, 0.6) is 0 Å². The van der Waals surface area contributed by atoms with Gasteiger partial charge in [0.05, 0.1) is 11.1 Å². The van der Waals surface area contributed by atoms with E-state index in [1.165, 1.54) is 23.9 Å². The number of Topliss-reactive ketones (excluding diaryl/α,β-unsaturated/α-hetero) is 1. The molecule has 0 fully saturated rings. The van der Waals surface area contributed by atoms with Gasteiger partial charge in [-0.05, 0) is 67.1 Å². The molecule has 166 valence electrons. The predicted molar refractivity (Wildman–Crippen MR) is 122 cm³/mol. The average molecular weight is 513 g/mol. The lowest BCUT2D eigenvalue weighted by Gasteiger charge is -2.29. The van der Waals surface area contributed by atoms with Gasteiger partial charge in [0.15, 0.2) is 5.78 Å². The first-order chi connectivity index (χ1) is 14.5. The molecule has 0 heterocycles. The molecule has 1 aliphatic rings. The quantitative estimate of drug-likeness (QED) is 0.415. The Morgan fingerprint density at radius 1 is 1.16 bits per heavy atom. The van der Waals surface area contributed by atoms with Crippen molar-refractivity contribution in [3.8, 4) is 0 Å². The van der Waals surface area contributed by atoms with Crippen molar-refractivity contribution in [2.45, 2.75) is 44.7 Å². The number of halogens is 4. The van der Waals surface area contributed by atoms with Gasteiger partial charge in [0.2, 0.25) is 0 Å². The molecule has 2 aromatic rings. The number of aliphatic hydroxyl groups excluding tert-OH is 1. The second kappa shape index (κ2) is 9.41. The number of aliphatic hydroxyl groups is 1. The summed E-state index contributed by atoms with van der Waals surface area (Å²) in [5, 5.41) is 10.7. The summed E-state index contributed by atoms with van der Waals surface area (Å²) in [4.78, 5) is 13.7. The average Bonchev–Trinajstić information content (AvgIpc) is 2.67. The van der Waals surface area contributed by atoms with Crippen LogP contribution >= 0.6 is 27.7 Å². The zero-order chi connectivity index (χ0) is 22.9. The normalized spacial score (nSPS) is 18.4. The first-order valence-electron chi connectivity index (χ1n) is 10.00. The third kappa shape index (κ3) is 5.55. The lowest BCUT2D eigenvalue weighted by Crippen LogP contribution is -2.25. The minimum Gasteiger partial charge on any atom is -0.512 e. The van der Waals surface area contributed by atoms with Crippen molar-refractivity contribution in [3.63, 3.8) is 0 Å². The SMILES string of the molecule is Cc1cc(C)c(C2=C(O)CC(C(C)CSc3ccc(C(F)(F)F)cc3)CC2=O)c(Br)c1. The highest BCUT2D eigenvalue weighted by Crippen LogP contribution is 2.40. The summed E-state index contributed by atoms with van der Waals surface area (Å²) < 4.78 is 38.9. The van der Waals surface area contributed by atoms with E-state index in [0.29, 0.717) is 24.2 Å². The molecule has 7 heteroatoms. The van der Waals surface area contributed by atoms with Crippen LogP contribution < -0.4 is 0 Å². The maximum atomic E-state index is 13.0. The van der Waals surface area contributed by atoms with Crippen LogP contribution in [0.3, 0.4) is 0 Å². The molecule has 0 bridgehead atoms. The zero-order valence-electron chi connectivity index (χ0n) is 17.5. The molecule has 2 unspecified atom stereocenters. The molecule has 0 saturated carbocycles. The lowest BCUT2D eigenvalue weighted by atomic mass is 9.78. The van der Waals surface area contributed by atoms with E-state index in [4.69, 9.17) is 0 Å². The number of rotatable bonds is 5. The Labute approximate surface area is 193 Å². The number of carbonyl (C=O) groups excluding carboxylic acids is 1.